The lowest BCUT2D eigenvalue weighted by molar-refractivity contribution is -0.117. The average Bonchev–Trinajstić information content (AvgIpc) is 2.36. The molecule has 10 heavy (non-hydrogen) atoms. The first-order chi connectivity index (χ1) is 4.88. The molecule has 0 unspecified atom stereocenters. The van der Waals surface area contributed by atoms with E-state index in [9.17, 15) is 4.79 Å². The lowest BCUT2D eigenvalue weighted by atomic mass is 10.1. The first kappa shape index (κ1) is 6.28. The van der Waals surface area contributed by atoms with Crippen LogP contribution in [0.25, 0.3) is 0 Å². The summed E-state index contributed by atoms with van der Waals surface area (Å²) in [5.41, 5.74) is 1.38. The SMILES string of the molecule is O=C1NCCC2=C1SCC2. The highest BCUT2D eigenvalue weighted by molar-refractivity contribution is 8.04. The van der Waals surface area contributed by atoms with Crippen LogP contribution in [0.3, 0.4) is 0 Å². The zero-order chi connectivity index (χ0) is 6.97. The largest absolute Gasteiger partial charge is 0.351 e. The summed E-state index contributed by atoms with van der Waals surface area (Å²) in [6, 6.07) is 0. The van der Waals surface area contributed by atoms with E-state index >= 15 is 0 Å². The lowest BCUT2D eigenvalue weighted by Gasteiger charge is -2.13. The van der Waals surface area contributed by atoms with Gasteiger partial charge in [0.25, 0.3) is 5.91 Å². The van der Waals surface area contributed by atoms with Gasteiger partial charge in [0.15, 0.2) is 0 Å². The van der Waals surface area contributed by atoms with E-state index < -0.39 is 0 Å². The van der Waals surface area contributed by atoms with E-state index in [1.54, 1.807) is 11.8 Å². The third kappa shape index (κ3) is 0.850. The fourth-order valence-electron chi connectivity index (χ4n) is 1.36. The minimum absolute atomic E-state index is 0.156. The lowest BCUT2D eigenvalue weighted by Crippen LogP contribution is -2.29. The minimum Gasteiger partial charge on any atom is -0.351 e. The molecular formula is C7H9NOS. The van der Waals surface area contributed by atoms with Crippen molar-refractivity contribution in [3.05, 3.63) is 10.5 Å². The maximum Gasteiger partial charge on any atom is 0.257 e. The molecule has 0 spiro atoms. The first-order valence-corrected chi connectivity index (χ1v) is 4.49. The van der Waals surface area contributed by atoms with Gasteiger partial charge in [0.2, 0.25) is 0 Å². The molecule has 2 aliphatic rings. The van der Waals surface area contributed by atoms with Crippen molar-refractivity contribution >= 4 is 17.7 Å². The van der Waals surface area contributed by atoms with E-state index in [0.717, 1.165) is 30.0 Å². The molecule has 2 rings (SSSR count). The van der Waals surface area contributed by atoms with Gasteiger partial charge in [-0.2, -0.15) is 0 Å². The van der Waals surface area contributed by atoms with Crippen molar-refractivity contribution in [2.75, 3.05) is 12.3 Å². The number of rotatable bonds is 0. The van der Waals surface area contributed by atoms with Crippen molar-refractivity contribution < 1.29 is 4.79 Å². The van der Waals surface area contributed by atoms with Gasteiger partial charge in [0, 0.05) is 12.3 Å². The van der Waals surface area contributed by atoms with Gasteiger partial charge in [0.05, 0.1) is 4.91 Å². The topological polar surface area (TPSA) is 29.1 Å². The van der Waals surface area contributed by atoms with Crippen LogP contribution in [-0.4, -0.2) is 18.2 Å². The van der Waals surface area contributed by atoms with Gasteiger partial charge in [-0.1, -0.05) is 0 Å². The number of carbonyl (C=O) groups excluding carboxylic acids is 1. The standard InChI is InChI=1S/C7H9NOS/c9-7-6-5(1-3-8-7)2-4-10-6/h1-4H2,(H,8,9). The summed E-state index contributed by atoms with van der Waals surface area (Å²) in [4.78, 5) is 12.1. The summed E-state index contributed by atoms with van der Waals surface area (Å²) in [6.45, 7) is 0.845. The highest BCUT2D eigenvalue weighted by atomic mass is 32.2. The molecule has 3 heteroatoms. The van der Waals surface area contributed by atoms with E-state index in [0.29, 0.717) is 0 Å². The van der Waals surface area contributed by atoms with E-state index in [1.807, 2.05) is 0 Å². The molecule has 0 saturated carbocycles. The maximum atomic E-state index is 11.1. The Balaban J connectivity index is 2.31. The Morgan fingerprint density at radius 2 is 2.30 bits per heavy atom. The van der Waals surface area contributed by atoms with Crippen molar-refractivity contribution in [2.24, 2.45) is 0 Å². The predicted octanol–water partition coefficient (Wildman–Crippen LogP) is 0.897. The zero-order valence-electron chi connectivity index (χ0n) is 5.64. The number of amides is 1. The molecule has 0 bridgehead atoms. The van der Waals surface area contributed by atoms with E-state index in [1.165, 1.54) is 5.57 Å². The number of carbonyl (C=O) groups is 1. The molecule has 0 aromatic rings. The normalized spacial score (nSPS) is 24.6. The van der Waals surface area contributed by atoms with Gasteiger partial charge in [0.1, 0.15) is 0 Å². The van der Waals surface area contributed by atoms with E-state index in [-0.39, 0.29) is 5.91 Å². The van der Waals surface area contributed by atoms with Crippen LogP contribution in [-0.2, 0) is 4.79 Å². The summed E-state index contributed by atoms with van der Waals surface area (Å²) >= 11 is 1.70. The molecule has 54 valence electrons. The summed E-state index contributed by atoms with van der Waals surface area (Å²) in [5.74, 6) is 1.27. The third-order valence-electron chi connectivity index (χ3n) is 1.89. The summed E-state index contributed by atoms with van der Waals surface area (Å²) < 4.78 is 0. The Morgan fingerprint density at radius 3 is 3.10 bits per heavy atom. The third-order valence-corrected chi connectivity index (χ3v) is 3.06. The molecule has 0 aromatic carbocycles. The van der Waals surface area contributed by atoms with Crippen LogP contribution in [0.1, 0.15) is 12.8 Å². The molecule has 0 aliphatic carbocycles. The molecule has 1 amide bonds. The van der Waals surface area contributed by atoms with Crippen LogP contribution in [0.4, 0.5) is 0 Å². The average molecular weight is 155 g/mol. The molecule has 2 aliphatic heterocycles. The molecule has 0 saturated heterocycles. The van der Waals surface area contributed by atoms with Gasteiger partial charge in [-0.15, -0.1) is 11.8 Å². The van der Waals surface area contributed by atoms with Gasteiger partial charge >= 0.3 is 0 Å². The first-order valence-electron chi connectivity index (χ1n) is 3.51. The van der Waals surface area contributed by atoms with Crippen LogP contribution in [0.15, 0.2) is 10.5 Å². The smallest absolute Gasteiger partial charge is 0.257 e. The number of nitrogens with one attached hydrogen (secondary N) is 1. The Bertz CT molecular complexity index is 210. The molecule has 1 N–H and O–H groups in total. The number of thioether (sulfide) groups is 1. The fourth-order valence-corrected chi connectivity index (χ4v) is 2.53. The Hall–Kier alpha value is -0.440. The molecule has 0 atom stereocenters. The molecule has 2 heterocycles. The van der Waals surface area contributed by atoms with Gasteiger partial charge < -0.3 is 5.32 Å². The molecule has 0 radical (unpaired) electrons. The highest BCUT2D eigenvalue weighted by Gasteiger charge is 2.24. The maximum absolute atomic E-state index is 11.1. The zero-order valence-corrected chi connectivity index (χ0v) is 6.46. The fraction of sp³-hybridized carbons (Fsp3) is 0.571. The van der Waals surface area contributed by atoms with Gasteiger partial charge in [-0.05, 0) is 18.4 Å². The Labute approximate surface area is 64.1 Å². The summed E-state index contributed by atoms with van der Waals surface area (Å²) in [6.07, 6.45) is 2.21. The van der Waals surface area contributed by atoms with Crippen molar-refractivity contribution in [2.45, 2.75) is 12.8 Å². The minimum atomic E-state index is 0.156. The quantitative estimate of drug-likeness (QED) is 0.563. The molecule has 2 nitrogen and oxygen atoms in total. The van der Waals surface area contributed by atoms with Crippen molar-refractivity contribution in [1.82, 2.24) is 5.32 Å². The van der Waals surface area contributed by atoms with Crippen molar-refractivity contribution in [3.63, 3.8) is 0 Å². The number of hydrogen-bond donors (Lipinski definition) is 1. The highest BCUT2D eigenvalue weighted by Crippen LogP contribution is 2.34. The van der Waals surface area contributed by atoms with Crippen molar-refractivity contribution in [3.8, 4) is 0 Å². The molecular weight excluding hydrogens is 146 g/mol. The van der Waals surface area contributed by atoms with E-state index in [4.69, 9.17) is 0 Å². The van der Waals surface area contributed by atoms with E-state index in [2.05, 4.69) is 5.32 Å². The van der Waals surface area contributed by atoms with Crippen LogP contribution in [0.5, 0.6) is 0 Å². The van der Waals surface area contributed by atoms with Gasteiger partial charge in [-0.3, -0.25) is 4.79 Å². The Kier molecular flexibility index (Phi) is 1.45. The summed E-state index contributed by atoms with van der Waals surface area (Å²) in [5, 5.41) is 2.84. The van der Waals surface area contributed by atoms with Crippen LogP contribution in [0.2, 0.25) is 0 Å². The van der Waals surface area contributed by atoms with Crippen LogP contribution < -0.4 is 5.32 Å². The summed E-state index contributed by atoms with van der Waals surface area (Å²) in [7, 11) is 0. The van der Waals surface area contributed by atoms with Crippen LogP contribution >= 0.6 is 11.8 Å². The molecule has 0 aromatic heterocycles. The van der Waals surface area contributed by atoms with Crippen LogP contribution in [0, 0.1) is 0 Å². The van der Waals surface area contributed by atoms with Crippen molar-refractivity contribution in [1.29, 1.82) is 0 Å². The number of hydrogen-bond acceptors (Lipinski definition) is 2. The second kappa shape index (κ2) is 2.31. The monoisotopic (exact) mass is 155 g/mol. The predicted molar refractivity (Wildman–Crippen MR) is 41.7 cm³/mol. The van der Waals surface area contributed by atoms with Gasteiger partial charge in [-0.25, -0.2) is 0 Å². The second-order valence-electron chi connectivity index (χ2n) is 2.54. The molecule has 0 fully saturated rings. The Morgan fingerprint density at radius 1 is 1.40 bits per heavy atom. The second-order valence-corrected chi connectivity index (χ2v) is 3.64.